The fourth-order valence-corrected chi connectivity index (χ4v) is 21.1. The van der Waals surface area contributed by atoms with Gasteiger partial charge in [-0.05, 0) is 267 Å². The molecule has 0 radical (unpaired) electrons. The molecule has 0 saturated carbocycles. The molecule has 132 heavy (non-hydrogen) atoms. The molecule has 3 unspecified atom stereocenters. The summed E-state index contributed by atoms with van der Waals surface area (Å²) in [5.74, 6) is 0.579. The van der Waals surface area contributed by atoms with Gasteiger partial charge in [-0.2, -0.15) is 0 Å². The van der Waals surface area contributed by atoms with Crippen LogP contribution in [-0.2, 0) is 6.42 Å². The minimum Gasteiger partial charge on any atom is -0.355 e. The van der Waals surface area contributed by atoms with Crippen molar-refractivity contribution in [1.82, 2.24) is 18.3 Å². The van der Waals surface area contributed by atoms with Crippen LogP contribution in [0.2, 0.25) is 0 Å². The zero-order valence-corrected chi connectivity index (χ0v) is 72.9. The van der Waals surface area contributed by atoms with Crippen LogP contribution in [0.15, 0.2) is 491 Å². The first-order chi connectivity index (χ1) is 65.5. The molecule has 0 bridgehead atoms. The van der Waals surface area contributed by atoms with Crippen molar-refractivity contribution in [2.75, 3.05) is 10.2 Å². The van der Waals surface area contributed by atoms with Crippen LogP contribution in [0, 0.1) is 0 Å². The first kappa shape index (κ1) is 78.7. The van der Waals surface area contributed by atoms with Crippen LogP contribution < -0.4 is 10.2 Å². The van der Waals surface area contributed by atoms with Crippen molar-refractivity contribution in [3.63, 3.8) is 0 Å². The second-order valence-electron chi connectivity index (χ2n) is 34.9. The number of nitrogens with zero attached hydrogens (tertiary/aromatic N) is 5. The van der Waals surface area contributed by atoms with Crippen molar-refractivity contribution < 1.29 is 0 Å². The fraction of sp³-hybridized carbons (Fsp3) is 0.0476. The summed E-state index contributed by atoms with van der Waals surface area (Å²) in [7, 11) is 0. The fourth-order valence-electron chi connectivity index (χ4n) is 21.1. The van der Waals surface area contributed by atoms with E-state index in [4.69, 9.17) is 0 Å². The van der Waals surface area contributed by atoms with Gasteiger partial charge in [0.05, 0.1) is 44.7 Å². The monoisotopic (exact) mass is 1690 g/mol. The SMILES string of the molecule is C1=CC(c2ccc3c(c2)c2ccccc2n3-c2ccccc2)Cc2c1n(-c1cccc(-c3ccccc3)c1)c1ccccc21.C1=CCCC(c2cc(-c3ccccc3)cc(N3c4ccc(-c5cccc(-c6ccccc6Nc6ccccc6)c5)cc4C4C=CC=CC43)c2)=C1.c1ccc(-n2c3ccccc3c3cc(-c4ccc5c(c4)c4ccccc4n5-c4ccccc4)ccc32)cc1. The minimum absolute atomic E-state index is 0.214. The number of anilines is 4. The van der Waals surface area contributed by atoms with Gasteiger partial charge in [-0.25, -0.2) is 0 Å². The smallest absolute Gasteiger partial charge is 0.0629 e. The van der Waals surface area contributed by atoms with Crippen LogP contribution in [0.4, 0.5) is 22.7 Å². The molecular formula is C126H92N6. The molecule has 6 nitrogen and oxygen atoms in total. The van der Waals surface area contributed by atoms with Crippen LogP contribution in [-0.4, -0.2) is 24.3 Å². The van der Waals surface area contributed by atoms with E-state index in [2.05, 4.69) is 520 Å². The lowest BCUT2D eigenvalue weighted by Crippen LogP contribution is -2.28. The predicted molar refractivity (Wildman–Crippen MR) is 558 cm³/mol. The number of rotatable bonds is 14. The maximum absolute atomic E-state index is 3.63. The Bertz CT molecular complexity index is 8170. The number of hydrogen-bond acceptors (Lipinski definition) is 2. The van der Waals surface area contributed by atoms with Crippen molar-refractivity contribution in [3.05, 3.63) is 519 Å². The molecule has 0 spiro atoms. The number of aromatic nitrogens is 4. The van der Waals surface area contributed by atoms with E-state index in [1.807, 2.05) is 6.07 Å². The summed E-state index contributed by atoms with van der Waals surface area (Å²) in [4.78, 5) is 2.57. The zero-order valence-electron chi connectivity index (χ0n) is 72.9. The summed E-state index contributed by atoms with van der Waals surface area (Å²) < 4.78 is 9.57. The highest BCUT2D eigenvalue weighted by molar-refractivity contribution is 6.14. The van der Waals surface area contributed by atoms with E-state index < -0.39 is 0 Å². The lowest BCUT2D eigenvalue weighted by atomic mass is 9.86. The third-order valence-electron chi connectivity index (χ3n) is 27.2. The van der Waals surface area contributed by atoms with E-state index in [1.54, 1.807) is 0 Å². The summed E-state index contributed by atoms with van der Waals surface area (Å²) in [5.41, 5.74) is 38.5. The van der Waals surface area contributed by atoms with Crippen LogP contribution in [0.3, 0.4) is 0 Å². The molecule has 1 aliphatic heterocycles. The van der Waals surface area contributed by atoms with Crippen molar-refractivity contribution in [2.24, 2.45) is 0 Å². The second kappa shape index (κ2) is 34.1. The topological polar surface area (TPSA) is 35.0 Å². The average Bonchev–Trinajstić information content (AvgIpc) is 1.59. The number of nitrogens with one attached hydrogen (secondary N) is 1. The molecule has 22 aromatic rings. The number of benzene rings is 18. The Balaban J connectivity index is 0.000000110. The largest absolute Gasteiger partial charge is 0.355 e. The first-order valence-corrected chi connectivity index (χ1v) is 46.1. The summed E-state index contributed by atoms with van der Waals surface area (Å²) in [6.45, 7) is 0. The predicted octanol–water partition coefficient (Wildman–Crippen LogP) is 33.2. The highest BCUT2D eigenvalue weighted by Gasteiger charge is 2.38. The lowest BCUT2D eigenvalue weighted by Gasteiger charge is -2.30. The standard InChI is InChI=1S/C48H38N2.C42H30N2.C36H24N2/c1-4-15-34(16-5-1)39-30-40(35-17-6-2-7-18-35)32-42(31-39)50-47-26-13-11-24-44(47)45-33-37(27-28-48(45)50)36-19-14-20-38(29-36)43-23-10-12-25-46(43)49-41-21-8-3-9-22-41;1-3-12-29(13-4-1)30-14-11-17-34(26-30)44-40-21-10-8-19-36(40)38-28-32(23-25-42(38)44)31-22-24-41-37(27-31)35-18-7-9-20-39(35)43(41)33-15-5-2-6-16-33;1-3-11-27(12-4-1)37-33-17-9-7-15-29(33)31-23-25(19-21-35(31)37)26-20-22-36-32(24-26)30-16-8-10-18-34(30)38(36)28-13-5-2-6-14-28/h1-6,8-17,19-33,44,47,49H,7,18H2;1-27,32H,28H2;1-24H. The van der Waals surface area contributed by atoms with Crippen molar-refractivity contribution >= 4 is 111 Å². The van der Waals surface area contributed by atoms with Gasteiger partial charge in [0.1, 0.15) is 0 Å². The molecule has 4 aliphatic rings. The molecule has 1 N–H and O–H groups in total. The number of fused-ring (bicyclic) bond motifs is 15. The van der Waals surface area contributed by atoms with Gasteiger partial charge >= 0.3 is 0 Å². The molecule has 0 saturated heterocycles. The van der Waals surface area contributed by atoms with Gasteiger partial charge in [-0.1, -0.05) is 328 Å². The van der Waals surface area contributed by atoms with Gasteiger partial charge < -0.3 is 28.5 Å². The third-order valence-corrected chi connectivity index (χ3v) is 27.2. The average molecular weight is 1690 g/mol. The summed E-state index contributed by atoms with van der Waals surface area (Å²) in [6, 6.07) is 161. The first-order valence-electron chi connectivity index (χ1n) is 46.1. The molecule has 18 aromatic carbocycles. The van der Waals surface area contributed by atoms with E-state index in [1.165, 1.54) is 200 Å². The molecule has 3 aliphatic carbocycles. The molecule has 5 heterocycles. The molecule has 26 rings (SSSR count). The van der Waals surface area contributed by atoms with E-state index in [-0.39, 0.29) is 12.0 Å². The highest BCUT2D eigenvalue weighted by Crippen LogP contribution is 2.52. The van der Waals surface area contributed by atoms with Crippen molar-refractivity contribution in [1.29, 1.82) is 0 Å². The van der Waals surface area contributed by atoms with Crippen molar-refractivity contribution in [3.8, 4) is 78.4 Å². The normalized spacial score (nSPS) is 14.7. The molecular weight excluding hydrogens is 1600 g/mol. The Labute approximate surface area is 768 Å². The molecule has 626 valence electrons. The van der Waals surface area contributed by atoms with Gasteiger partial charge in [0.25, 0.3) is 0 Å². The molecule has 3 atom stereocenters. The van der Waals surface area contributed by atoms with Crippen LogP contribution in [0.25, 0.3) is 166 Å². The maximum atomic E-state index is 3.63. The maximum Gasteiger partial charge on any atom is 0.0629 e. The number of allylic oxidation sites excluding steroid dienone is 7. The Kier molecular flexibility index (Phi) is 20.3. The number of para-hydroxylation sites is 9. The second-order valence-corrected chi connectivity index (χ2v) is 34.9. The Morgan fingerprint density at radius 2 is 0.712 bits per heavy atom. The third kappa shape index (κ3) is 14.4. The van der Waals surface area contributed by atoms with Crippen LogP contribution >= 0.6 is 0 Å². The summed E-state index contributed by atoms with van der Waals surface area (Å²) in [5, 5.41) is 12.7. The molecule has 6 heteroatoms. The van der Waals surface area contributed by atoms with E-state index in [9.17, 15) is 0 Å². The van der Waals surface area contributed by atoms with Gasteiger partial charge in [0.2, 0.25) is 0 Å². The minimum atomic E-state index is 0.214. The van der Waals surface area contributed by atoms with Gasteiger partial charge in [0.15, 0.2) is 0 Å². The van der Waals surface area contributed by atoms with Crippen LogP contribution in [0.1, 0.15) is 52.6 Å². The van der Waals surface area contributed by atoms with Crippen LogP contribution in [0.5, 0.6) is 0 Å². The number of hydrogen-bond donors (Lipinski definition) is 1. The van der Waals surface area contributed by atoms with E-state index in [0.717, 1.165) is 30.6 Å². The van der Waals surface area contributed by atoms with Crippen molar-refractivity contribution in [2.45, 2.75) is 37.1 Å². The quantitative estimate of drug-likeness (QED) is 0.118. The zero-order chi connectivity index (χ0) is 87.4. The van der Waals surface area contributed by atoms with Gasteiger partial charge in [-0.3, -0.25) is 0 Å². The highest BCUT2D eigenvalue weighted by atomic mass is 15.2. The van der Waals surface area contributed by atoms with Gasteiger partial charge in [0, 0.05) is 106 Å². The molecule has 0 amide bonds. The Morgan fingerprint density at radius 1 is 0.273 bits per heavy atom. The summed E-state index contributed by atoms with van der Waals surface area (Å²) in [6.07, 6.45) is 23.8. The van der Waals surface area contributed by atoms with Gasteiger partial charge in [-0.15, -0.1) is 0 Å². The Hall–Kier alpha value is -16.8. The molecule has 4 aromatic heterocycles. The van der Waals surface area contributed by atoms with E-state index in [0.29, 0.717) is 5.92 Å². The van der Waals surface area contributed by atoms with E-state index >= 15 is 0 Å². The molecule has 0 fully saturated rings. The Morgan fingerprint density at radius 3 is 1.32 bits per heavy atom. The lowest BCUT2D eigenvalue weighted by molar-refractivity contribution is 0.745. The summed E-state index contributed by atoms with van der Waals surface area (Å²) >= 11 is 0.